The molecule has 1 heterocycles. The van der Waals surface area contributed by atoms with Crippen molar-refractivity contribution in [2.45, 2.75) is 58.9 Å². The molecule has 1 saturated carbocycles. The van der Waals surface area contributed by atoms with Gasteiger partial charge in [-0.3, -0.25) is 0 Å². The topological polar surface area (TPSA) is 21.3 Å². The Hall–Kier alpha value is -1.18. The lowest BCUT2D eigenvalue weighted by Gasteiger charge is -2.41. The predicted molar refractivity (Wildman–Crippen MR) is 84.5 cm³/mol. The van der Waals surface area contributed by atoms with E-state index in [4.69, 9.17) is 4.74 Å². The molecule has 0 spiro atoms. The van der Waals surface area contributed by atoms with E-state index in [0.717, 1.165) is 24.7 Å². The summed E-state index contributed by atoms with van der Waals surface area (Å²) >= 11 is 0. The Kier molecular flexibility index (Phi) is 3.66. The van der Waals surface area contributed by atoms with E-state index in [1.165, 1.54) is 36.9 Å². The maximum absolute atomic E-state index is 5.59. The summed E-state index contributed by atoms with van der Waals surface area (Å²) in [5.41, 5.74) is 3.02. The largest absolute Gasteiger partial charge is 0.493 e. The third-order valence-corrected chi connectivity index (χ3v) is 4.92. The quantitative estimate of drug-likeness (QED) is 0.847. The van der Waals surface area contributed by atoms with Gasteiger partial charge >= 0.3 is 0 Å². The minimum Gasteiger partial charge on any atom is -0.493 e. The molecule has 0 aromatic heterocycles. The van der Waals surface area contributed by atoms with E-state index in [9.17, 15) is 0 Å². The number of fused-ring (bicyclic) bond motifs is 1. The molecule has 2 aliphatic rings. The summed E-state index contributed by atoms with van der Waals surface area (Å²) in [6.07, 6.45) is 6.46. The van der Waals surface area contributed by atoms with E-state index < -0.39 is 0 Å². The fourth-order valence-electron chi connectivity index (χ4n) is 3.83. The number of nitrogens with one attached hydrogen (secondary N) is 1. The van der Waals surface area contributed by atoms with E-state index >= 15 is 0 Å². The lowest BCUT2D eigenvalue weighted by molar-refractivity contribution is 0.163. The van der Waals surface area contributed by atoms with Crippen molar-refractivity contribution in [3.05, 3.63) is 23.8 Å². The molecule has 1 aliphatic carbocycles. The maximum atomic E-state index is 5.59. The van der Waals surface area contributed by atoms with Crippen molar-refractivity contribution in [2.75, 3.05) is 11.9 Å². The first-order valence-electron chi connectivity index (χ1n) is 8.06. The Morgan fingerprint density at radius 1 is 1.15 bits per heavy atom. The highest BCUT2D eigenvalue weighted by Gasteiger charge is 2.34. The Morgan fingerprint density at radius 3 is 2.75 bits per heavy atom. The Bertz CT molecular complexity index is 475. The van der Waals surface area contributed by atoms with Crippen molar-refractivity contribution in [3.63, 3.8) is 0 Å². The second-order valence-corrected chi connectivity index (χ2v) is 7.43. The van der Waals surface area contributed by atoms with Gasteiger partial charge in [-0.2, -0.15) is 0 Å². The summed E-state index contributed by atoms with van der Waals surface area (Å²) in [5.74, 6) is 1.84. The Morgan fingerprint density at radius 2 is 1.95 bits per heavy atom. The van der Waals surface area contributed by atoms with Gasteiger partial charge in [0.2, 0.25) is 0 Å². The van der Waals surface area contributed by atoms with Crippen LogP contribution in [-0.2, 0) is 6.42 Å². The highest BCUT2D eigenvalue weighted by atomic mass is 16.5. The van der Waals surface area contributed by atoms with Gasteiger partial charge < -0.3 is 10.1 Å². The van der Waals surface area contributed by atoms with Crippen LogP contribution in [0.5, 0.6) is 5.75 Å². The number of hydrogen-bond acceptors (Lipinski definition) is 2. The van der Waals surface area contributed by atoms with Gasteiger partial charge in [-0.05, 0) is 47.9 Å². The van der Waals surface area contributed by atoms with Gasteiger partial charge in [0.15, 0.2) is 0 Å². The first-order chi connectivity index (χ1) is 9.54. The van der Waals surface area contributed by atoms with Crippen molar-refractivity contribution >= 4 is 5.69 Å². The van der Waals surface area contributed by atoms with Crippen LogP contribution in [0.25, 0.3) is 0 Å². The fourth-order valence-corrected chi connectivity index (χ4v) is 3.83. The average molecular weight is 273 g/mol. The van der Waals surface area contributed by atoms with Crippen LogP contribution < -0.4 is 10.1 Å². The molecule has 110 valence electrons. The number of hydrogen-bond donors (Lipinski definition) is 1. The molecule has 2 nitrogen and oxygen atoms in total. The first-order valence-corrected chi connectivity index (χ1v) is 8.06. The molecule has 0 radical (unpaired) electrons. The van der Waals surface area contributed by atoms with Crippen LogP contribution in [0, 0.1) is 11.3 Å². The summed E-state index contributed by atoms with van der Waals surface area (Å²) in [6, 6.07) is 7.21. The van der Waals surface area contributed by atoms with Gasteiger partial charge in [0.05, 0.1) is 6.61 Å². The summed E-state index contributed by atoms with van der Waals surface area (Å²) in [5, 5.41) is 3.81. The van der Waals surface area contributed by atoms with E-state index in [1.807, 2.05) is 0 Å². The van der Waals surface area contributed by atoms with E-state index in [1.54, 1.807) is 0 Å². The Labute approximate surface area is 122 Å². The van der Waals surface area contributed by atoms with Gasteiger partial charge in [-0.15, -0.1) is 0 Å². The molecule has 1 fully saturated rings. The van der Waals surface area contributed by atoms with E-state index in [-0.39, 0.29) is 0 Å². The lowest BCUT2D eigenvalue weighted by Crippen LogP contribution is -2.39. The molecule has 1 aromatic rings. The lowest BCUT2D eigenvalue weighted by atomic mass is 9.69. The number of anilines is 1. The minimum atomic E-state index is 0.387. The zero-order valence-corrected chi connectivity index (χ0v) is 13.0. The molecule has 2 heteroatoms. The minimum absolute atomic E-state index is 0.387. The first kappa shape index (κ1) is 13.8. The van der Waals surface area contributed by atoms with Crippen molar-refractivity contribution in [3.8, 4) is 5.75 Å². The Balaban J connectivity index is 1.75. The number of benzene rings is 1. The molecule has 1 aromatic carbocycles. The van der Waals surface area contributed by atoms with Crippen LogP contribution in [-0.4, -0.2) is 12.6 Å². The van der Waals surface area contributed by atoms with Gasteiger partial charge in [-0.1, -0.05) is 33.6 Å². The highest BCUT2D eigenvalue weighted by molar-refractivity contribution is 5.53. The summed E-state index contributed by atoms with van der Waals surface area (Å²) < 4.78 is 5.59. The normalized spacial score (nSPS) is 25.9. The third-order valence-electron chi connectivity index (χ3n) is 4.92. The summed E-state index contributed by atoms with van der Waals surface area (Å²) in [7, 11) is 0. The smallest absolute Gasteiger partial charge is 0.122 e. The summed E-state index contributed by atoms with van der Waals surface area (Å²) in [6.45, 7) is 7.99. The molecule has 2 atom stereocenters. The van der Waals surface area contributed by atoms with Crippen LogP contribution in [0.4, 0.5) is 5.69 Å². The molecular weight excluding hydrogens is 246 g/mol. The van der Waals surface area contributed by atoms with Gasteiger partial charge in [0, 0.05) is 18.2 Å². The van der Waals surface area contributed by atoms with Crippen LogP contribution in [0.2, 0.25) is 0 Å². The number of rotatable bonds is 2. The van der Waals surface area contributed by atoms with Crippen molar-refractivity contribution < 1.29 is 4.74 Å². The van der Waals surface area contributed by atoms with E-state index in [0.29, 0.717) is 11.5 Å². The van der Waals surface area contributed by atoms with E-state index in [2.05, 4.69) is 44.3 Å². The van der Waals surface area contributed by atoms with Crippen molar-refractivity contribution in [1.29, 1.82) is 0 Å². The highest BCUT2D eigenvalue weighted by Crippen LogP contribution is 2.39. The van der Waals surface area contributed by atoms with Gasteiger partial charge in [-0.25, -0.2) is 0 Å². The van der Waals surface area contributed by atoms with Crippen LogP contribution in [0.15, 0.2) is 18.2 Å². The van der Waals surface area contributed by atoms with Crippen LogP contribution in [0.1, 0.15) is 52.0 Å². The standard InChI is InChI=1S/C18H27NO/c1-18(2,3)15-6-4-5-7-16(15)19-14-8-9-17-13(12-14)10-11-20-17/h8-9,12,15-16,19H,4-7,10-11H2,1-3H3. The molecule has 1 N–H and O–H groups in total. The monoisotopic (exact) mass is 273 g/mol. The zero-order valence-electron chi connectivity index (χ0n) is 13.0. The molecule has 20 heavy (non-hydrogen) atoms. The van der Waals surface area contributed by atoms with Crippen LogP contribution in [0.3, 0.4) is 0 Å². The molecule has 2 unspecified atom stereocenters. The molecule has 0 amide bonds. The second-order valence-electron chi connectivity index (χ2n) is 7.43. The fraction of sp³-hybridized carbons (Fsp3) is 0.667. The summed E-state index contributed by atoms with van der Waals surface area (Å²) in [4.78, 5) is 0. The number of ether oxygens (including phenoxy) is 1. The van der Waals surface area contributed by atoms with Gasteiger partial charge in [0.1, 0.15) is 5.75 Å². The second kappa shape index (κ2) is 5.31. The maximum Gasteiger partial charge on any atom is 0.122 e. The van der Waals surface area contributed by atoms with Crippen molar-refractivity contribution in [2.24, 2.45) is 11.3 Å². The molecule has 3 rings (SSSR count). The zero-order chi connectivity index (χ0) is 14.2. The SMILES string of the molecule is CC(C)(C)C1CCCCC1Nc1ccc2c(c1)CCO2. The predicted octanol–water partition coefficient (Wildman–Crippen LogP) is 4.64. The van der Waals surface area contributed by atoms with Crippen molar-refractivity contribution in [1.82, 2.24) is 0 Å². The molecule has 0 bridgehead atoms. The van der Waals surface area contributed by atoms with Crippen LogP contribution >= 0.6 is 0 Å². The average Bonchev–Trinajstić information content (AvgIpc) is 2.85. The molecular formula is C18H27NO. The van der Waals surface area contributed by atoms with Gasteiger partial charge in [0.25, 0.3) is 0 Å². The molecule has 1 aliphatic heterocycles. The third kappa shape index (κ3) is 2.79. The molecule has 0 saturated heterocycles.